The molecule has 0 unspecified atom stereocenters. The van der Waals surface area contributed by atoms with Gasteiger partial charge in [0.1, 0.15) is 23.7 Å². The summed E-state index contributed by atoms with van der Waals surface area (Å²) in [6.07, 6.45) is 1.86. The molecule has 82 valence electrons. The molecule has 1 aromatic carbocycles. The Morgan fingerprint density at radius 1 is 1.06 bits per heavy atom. The normalized spacial score (nSPS) is 23.1. The molecule has 0 radical (unpaired) electrons. The number of rotatable bonds is 3. The van der Waals surface area contributed by atoms with E-state index in [1.165, 1.54) is 0 Å². The van der Waals surface area contributed by atoms with Gasteiger partial charge in [-0.1, -0.05) is 12.1 Å². The molecule has 3 nitrogen and oxygen atoms in total. The van der Waals surface area contributed by atoms with Crippen molar-refractivity contribution in [2.24, 2.45) is 0 Å². The summed E-state index contributed by atoms with van der Waals surface area (Å²) in [5.41, 5.74) is 1.15. The van der Waals surface area contributed by atoms with Crippen molar-refractivity contribution < 1.29 is 13.9 Å². The molecule has 1 saturated heterocycles. The fraction of sp³-hybridized carbons (Fsp3) is 0.231. The van der Waals surface area contributed by atoms with E-state index in [4.69, 9.17) is 13.9 Å². The summed E-state index contributed by atoms with van der Waals surface area (Å²) >= 11 is 0. The van der Waals surface area contributed by atoms with Crippen LogP contribution in [0, 0.1) is 0 Å². The van der Waals surface area contributed by atoms with Crippen molar-refractivity contribution in [3.63, 3.8) is 0 Å². The summed E-state index contributed by atoms with van der Waals surface area (Å²) in [6.45, 7) is 0. The fourth-order valence-electron chi connectivity index (χ4n) is 1.83. The Morgan fingerprint density at radius 2 is 1.88 bits per heavy atom. The van der Waals surface area contributed by atoms with Gasteiger partial charge in [0.2, 0.25) is 0 Å². The highest BCUT2D eigenvalue weighted by Crippen LogP contribution is 2.51. The van der Waals surface area contributed by atoms with Crippen molar-refractivity contribution in [3.05, 3.63) is 54.0 Å². The highest BCUT2D eigenvalue weighted by atomic mass is 16.6. The molecule has 3 heteroatoms. The zero-order chi connectivity index (χ0) is 11.0. The molecule has 0 aliphatic carbocycles. The minimum Gasteiger partial charge on any atom is -0.497 e. The van der Waals surface area contributed by atoms with E-state index in [0.29, 0.717) is 0 Å². The standard InChI is InChI=1S/C13H12O3/c1-14-10-6-4-9(5-7-10)12-13(16-12)11-3-2-8-15-11/h2-8,12-13H,1H3/t12-,13-/m1/s1. The lowest BCUT2D eigenvalue weighted by atomic mass is 10.1. The zero-order valence-electron chi connectivity index (χ0n) is 8.92. The molecule has 16 heavy (non-hydrogen) atoms. The Hall–Kier alpha value is -1.74. The Balaban J connectivity index is 1.76. The minimum absolute atomic E-state index is 0.0726. The third-order valence-electron chi connectivity index (χ3n) is 2.76. The van der Waals surface area contributed by atoms with Gasteiger partial charge in [-0.3, -0.25) is 0 Å². The number of hydrogen-bond acceptors (Lipinski definition) is 3. The number of epoxide rings is 1. The van der Waals surface area contributed by atoms with Gasteiger partial charge in [0.15, 0.2) is 0 Å². The predicted molar refractivity (Wildman–Crippen MR) is 58.3 cm³/mol. The summed E-state index contributed by atoms with van der Waals surface area (Å²) in [6, 6.07) is 11.7. The molecular weight excluding hydrogens is 204 g/mol. The first-order valence-corrected chi connectivity index (χ1v) is 5.21. The van der Waals surface area contributed by atoms with Crippen molar-refractivity contribution in [3.8, 4) is 5.75 Å². The van der Waals surface area contributed by atoms with E-state index in [-0.39, 0.29) is 12.2 Å². The molecule has 2 heterocycles. The largest absolute Gasteiger partial charge is 0.497 e. The summed E-state index contributed by atoms with van der Waals surface area (Å²) in [4.78, 5) is 0. The SMILES string of the molecule is COc1ccc([C@H]2O[C@@H]2c2ccco2)cc1. The van der Waals surface area contributed by atoms with Crippen molar-refractivity contribution in [1.29, 1.82) is 0 Å². The third-order valence-corrected chi connectivity index (χ3v) is 2.76. The van der Waals surface area contributed by atoms with Crippen LogP contribution in [0.25, 0.3) is 0 Å². The number of methoxy groups -OCH3 is 1. The van der Waals surface area contributed by atoms with Crippen molar-refractivity contribution in [2.45, 2.75) is 12.2 Å². The van der Waals surface area contributed by atoms with E-state index >= 15 is 0 Å². The van der Waals surface area contributed by atoms with Crippen LogP contribution in [0.4, 0.5) is 0 Å². The molecule has 1 aromatic heterocycles. The highest BCUT2D eigenvalue weighted by molar-refractivity contribution is 5.32. The molecule has 2 atom stereocenters. The van der Waals surface area contributed by atoms with Gasteiger partial charge in [0.25, 0.3) is 0 Å². The van der Waals surface area contributed by atoms with Crippen LogP contribution in [-0.2, 0) is 4.74 Å². The Labute approximate surface area is 93.6 Å². The number of benzene rings is 1. The van der Waals surface area contributed by atoms with Gasteiger partial charge in [-0.15, -0.1) is 0 Å². The van der Waals surface area contributed by atoms with Crippen LogP contribution in [-0.4, -0.2) is 7.11 Å². The second-order valence-electron chi connectivity index (χ2n) is 3.77. The number of furan rings is 1. The van der Waals surface area contributed by atoms with E-state index in [2.05, 4.69) is 0 Å². The lowest BCUT2D eigenvalue weighted by molar-refractivity contribution is 0.349. The molecule has 0 saturated carbocycles. The van der Waals surface area contributed by atoms with Crippen molar-refractivity contribution in [1.82, 2.24) is 0 Å². The summed E-state index contributed by atoms with van der Waals surface area (Å²) < 4.78 is 16.0. The molecule has 0 amide bonds. The maximum atomic E-state index is 5.59. The maximum Gasteiger partial charge on any atom is 0.146 e. The molecule has 1 aliphatic heterocycles. The molecule has 1 aliphatic rings. The first kappa shape index (κ1) is 9.48. The minimum atomic E-state index is 0.0726. The first-order chi connectivity index (χ1) is 7.88. The van der Waals surface area contributed by atoms with Crippen LogP contribution in [0.3, 0.4) is 0 Å². The topological polar surface area (TPSA) is 34.9 Å². The second-order valence-corrected chi connectivity index (χ2v) is 3.77. The molecule has 1 fully saturated rings. The number of hydrogen-bond donors (Lipinski definition) is 0. The van der Waals surface area contributed by atoms with Crippen LogP contribution in [0.2, 0.25) is 0 Å². The summed E-state index contributed by atoms with van der Waals surface area (Å²) in [5, 5.41) is 0. The highest BCUT2D eigenvalue weighted by Gasteiger charge is 2.43. The summed E-state index contributed by atoms with van der Waals surface area (Å²) in [5.74, 6) is 1.75. The van der Waals surface area contributed by atoms with E-state index in [1.807, 2.05) is 36.4 Å². The Kier molecular flexibility index (Phi) is 2.18. The van der Waals surface area contributed by atoms with Gasteiger partial charge in [0, 0.05) is 0 Å². The van der Waals surface area contributed by atoms with Crippen molar-refractivity contribution in [2.75, 3.05) is 7.11 Å². The number of ether oxygens (including phenoxy) is 2. The van der Waals surface area contributed by atoms with E-state index in [9.17, 15) is 0 Å². The van der Waals surface area contributed by atoms with Gasteiger partial charge in [-0.2, -0.15) is 0 Å². The van der Waals surface area contributed by atoms with Crippen LogP contribution >= 0.6 is 0 Å². The van der Waals surface area contributed by atoms with E-state index < -0.39 is 0 Å². The van der Waals surface area contributed by atoms with Gasteiger partial charge < -0.3 is 13.9 Å². The van der Waals surface area contributed by atoms with Gasteiger partial charge in [0.05, 0.1) is 13.4 Å². The Morgan fingerprint density at radius 3 is 2.50 bits per heavy atom. The van der Waals surface area contributed by atoms with Crippen LogP contribution < -0.4 is 4.74 Å². The molecule has 0 spiro atoms. The lowest BCUT2D eigenvalue weighted by Gasteiger charge is -1.99. The molecule has 2 aromatic rings. The zero-order valence-corrected chi connectivity index (χ0v) is 8.92. The van der Waals surface area contributed by atoms with Crippen LogP contribution in [0.5, 0.6) is 5.75 Å². The van der Waals surface area contributed by atoms with E-state index in [1.54, 1.807) is 13.4 Å². The average molecular weight is 216 g/mol. The quantitative estimate of drug-likeness (QED) is 0.739. The molecule has 0 N–H and O–H groups in total. The fourth-order valence-corrected chi connectivity index (χ4v) is 1.83. The lowest BCUT2D eigenvalue weighted by Crippen LogP contribution is -1.85. The van der Waals surface area contributed by atoms with Crippen molar-refractivity contribution >= 4 is 0 Å². The third kappa shape index (κ3) is 1.59. The predicted octanol–water partition coefficient (Wildman–Crippen LogP) is 3.10. The molecule has 3 rings (SSSR count). The van der Waals surface area contributed by atoms with E-state index in [0.717, 1.165) is 17.1 Å². The monoisotopic (exact) mass is 216 g/mol. The van der Waals surface area contributed by atoms with Crippen LogP contribution in [0.1, 0.15) is 23.5 Å². The van der Waals surface area contributed by atoms with Gasteiger partial charge in [-0.25, -0.2) is 0 Å². The Bertz CT molecular complexity index is 458. The van der Waals surface area contributed by atoms with Crippen LogP contribution in [0.15, 0.2) is 47.1 Å². The molecular formula is C13H12O3. The maximum absolute atomic E-state index is 5.59. The van der Waals surface area contributed by atoms with Gasteiger partial charge in [-0.05, 0) is 29.8 Å². The second kappa shape index (κ2) is 3.68. The summed E-state index contributed by atoms with van der Waals surface area (Å²) in [7, 11) is 1.66. The molecule has 0 bridgehead atoms. The average Bonchev–Trinajstić information content (AvgIpc) is 2.95. The van der Waals surface area contributed by atoms with Gasteiger partial charge >= 0.3 is 0 Å². The smallest absolute Gasteiger partial charge is 0.146 e. The first-order valence-electron chi connectivity index (χ1n) is 5.21.